The number of methoxy groups -OCH3 is 1. The molecular formula is C12H24N2O2. The molecule has 2 unspecified atom stereocenters. The Balaban J connectivity index is 2.13. The van der Waals surface area contributed by atoms with Crippen LogP contribution in [-0.2, 0) is 9.53 Å². The van der Waals surface area contributed by atoms with Crippen LogP contribution < -0.4 is 5.32 Å². The average molecular weight is 228 g/mol. The molecule has 1 fully saturated rings. The van der Waals surface area contributed by atoms with Gasteiger partial charge in [0.15, 0.2) is 0 Å². The van der Waals surface area contributed by atoms with E-state index in [2.05, 4.69) is 17.3 Å². The van der Waals surface area contributed by atoms with Gasteiger partial charge in [-0.05, 0) is 26.8 Å². The van der Waals surface area contributed by atoms with Crippen molar-refractivity contribution in [1.82, 2.24) is 10.2 Å². The summed E-state index contributed by atoms with van der Waals surface area (Å²) in [6.45, 7) is 5.89. The summed E-state index contributed by atoms with van der Waals surface area (Å²) >= 11 is 0. The van der Waals surface area contributed by atoms with Crippen LogP contribution in [0.25, 0.3) is 0 Å². The van der Waals surface area contributed by atoms with E-state index in [0.717, 1.165) is 19.1 Å². The number of esters is 1. The van der Waals surface area contributed by atoms with Gasteiger partial charge in [0, 0.05) is 25.2 Å². The Bertz CT molecular complexity index is 229. The van der Waals surface area contributed by atoms with Crippen molar-refractivity contribution in [3.05, 3.63) is 0 Å². The fourth-order valence-corrected chi connectivity index (χ4v) is 1.73. The monoisotopic (exact) mass is 228 g/mol. The molecule has 0 aromatic rings. The number of hydrogen-bond acceptors (Lipinski definition) is 4. The molecule has 2 atom stereocenters. The lowest BCUT2D eigenvalue weighted by Crippen LogP contribution is -2.40. The lowest BCUT2D eigenvalue weighted by atomic mass is 10.0. The minimum Gasteiger partial charge on any atom is -0.469 e. The Hall–Kier alpha value is -0.610. The van der Waals surface area contributed by atoms with Crippen molar-refractivity contribution in [2.24, 2.45) is 5.92 Å². The molecule has 0 bridgehead atoms. The molecule has 0 aromatic carbocycles. The summed E-state index contributed by atoms with van der Waals surface area (Å²) in [7, 11) is 3.60. The zero-order chi connectivity index (χ0) is 12.1. The highest BCUT2D eigenvalue weighted by molar-refractivity contribution is 5.72. The summed E-state index contributed by atoms with van der Waals surface area (Å²) in [5, 5.41) is 3.37. The van der Waals surface area contributed by atoms with Crippen LogP contribution in [0.4, 0.5) is 0 Å². The van der Waals surface area contributed by atoms with Gasteiger partial charge in [-0.15, -0.1) is 0 Å². The zero-order valence-corrected chi connectivity index (χ0v) is 10.8. The van der Waals surface area contributed by atoms with Crippen LogP contribution in [0.15, 0.2) is 0 Å². The smallest absolute Gasteiger partial charge is 0.309 e. The fourth-order valence-electron chi connectivity index (χ4n) is 1.73. The molecule has 1 aliphatic carbocycles. The number of hydrogen-bond donors (Lipinski definition) is 1. The maximum absolute atomic E-state index is 11.3. The van der Waals surface area contributed by atoms with Crippen molar-refractivity contribution in [1.29, 1.82) is 0 Å². The van der Waals surface area contributed by atoms with Crippen LogP contribution in [0.5, 0.6) is 0 Å². The van der Waals surface area contributed by atoms with E-state index in [1.54, 1.807) is 0 Å². The number of nitrogens with zero attached hydrogens (tertiary/aromatic N) is 1. The third-order valence-corrected chi connectivity index (χ3v) is 3.42. The van der Waals surface area contributed by atoms with Crippen LogP contribution >= 0.6 is 0 Å². The van der Waals surface area contributed by atoms with Gasteiger partial charge in [-0.2, -0.15) is 0 Å². The normalized spacial score (nSPS) is 19.6. The average Bonchev–Trinajstić information content (AvgIpc) is 3.10. The summed E-state index contributed by atoms with van der Waals surface area (Å²) in [6.07, 6.45) is 2.68. The van der Waals surface area contributed by atoms with E-state index < -0.39 is 0 Å². The van der Waals surface area contributed by atoms with E-state index >= 15 is 0 Å². The standard InChI is InChI=1S/C12H24N2O2/c1-9(12(15)16-4)10(2)13-7-8-14(3)11-5-6-11/h9-11,13H,5-8H2,1-4H3. The third kappa shape index (κ3) is 4.10. The van der Waals surface area contributed by atoms with Crippen molar-refractivity contribution in [2.75, 3.05) is 27.2 Å². The molecule has 0 spiro atoms. The predicted octanol–water partition coefficient (Wildman–Crippen LogP) is 0.868. The molecule has 0 amide bonds. The molecule has 0 aliphatic heterocycles. The second kappa shape index (κ2) is 6.21. The molecule has 16 heavy (non-hydrogen) atoms. The van der Waals surface area contributed by atoms with Gasteiger partial charge in [0.25, 0.3) is 0 Å². The minimum absolute atomic E-state index is 0.0868. The molecule has 0 radical (unpaired) electrons. The molecule has 94 valence electrons. The van der Waals surface area contributed by atoms with Crippen molar-refractivity contribution < 1.29 is 9.53 Å². The number of rotatable bonds is 7. The quantitative estimate of drug-likeness (QED) is 0.656. The van der Waals surface area contributed by atoms with Crippen molar-refractivity contribution in [2.45, 2.75) is 38.8 Å². The summed E-state index contributed by atoms with van der Waals surface area (Å²) in [5.41, 5.74) is 0. The van der Waals surface area contributed by atoms with E-state index in [4.69, 9.17) is 4.74 Å². The molecule has 0 saturated heterocycles. The zero-order valence-electron chi connectivity index (χ0n) is 10.8. The Morgan fingerprint density at radius 3 is 2.62 bits per heavy atom. The van der Waals surface area contributed by atoms with Crippen LogP contribution in [0.3, 0.4) is 0 Å². The maximum atomic E-state index is 11.3. The van der Waals surface area contributed by atoms with Crippen molar-refractivity contribution in [3.8, 4) is 0 Å². The molecular weight excluding hydrogens is 204 g/mol. The van der Waals surface area contributed by atoms with E-state index in [1.165, 1.54) is 20.0 Å². The molecule has 1 saturated carbocycles. The Labute approximate surface area is 98.3 Å². The first kappa shape index (κ1) is 13.5. The molecule has 1 aliphatic rings. The second-order valence-electron chi connectivity index (χ2n) is 4.77. The summed E-state index contributed by atoms with van der Waals surface area (Å²) in [6, 6.07) is 0.968. The van der Waals surface area contributed by atoms with Gasteiger partial charge in [-0.25, -0.2) is 0 Å². The number of nitrogens with one attached hydrogen (secondary N) is 1. The van der Waals surface area contributed by atoms with Gasteiger partial charge in [0.2, 0.25) is 0 Å². The molecule has 4 nitrogen and oxygen atoms in total. The van der Waals surface area contributed by atoms with E-state index in [1.807, 2.05) is 13.8 Å². The van der Waals surface area contributed by atoms with Gasteiger partial charge in [-0.3, -0.25) is 4.79 Å². The Kier molecular flexibility index (Phi) is 5.22. The van der Waals surface area contributed by atoms with E-state index in [0.29, 0.717) is 0 Å². The molecule has 0 heterocycles. The highest BCUT2D eigenvalue weighted by atomic mass is 16.5. The second-order valence-corrected chi connectivity index (χ2v) is 4.77. The first-order valence-electron chi connectivity index (χ1n) is 6.07. The van der Waals surface area contributed by atoms with Gasteiger partial charge in [0.05, 0.1) is 13.0 Å². The largest absolute Gasteiger partial charge is 0.469 e. The molecule has 4 heteroatoms. The summed E-state index contributed by atoms with van der Waals surface area (Å²) in [5.74, 6) is -0.230. The fraction of sp³-hybridized carbons (Fsp3) is 0.917. The van der Waals surface area contributed by atoms with Crippen molar-refractivity contribution in [3.63, 3.8) is 0 Å². The predicted molar refractivity (Wildman–Crippen MR) is 64.3 cm³/mol. The first-order valence-corrected chi connectivity index (χ1v) is 6.07. The minimum atomic E-state index is -0.143. The van der Waals surface area contributed by atoms with E-state index in [9.17, 15) is 4.79 Å². The summed E-state index contributed by atoms with van der Waals surface area (Å²) in [4.78, 5) is 13.7. The van der Waals surface area contributed by atoms with Gasteiger partial charge < -0.3 is 15.0 Å². The van der Waals surface area contributed by atoms with Crippen LogP contribution in [-0.4, -0.2) is 50.2 Å². The highest BCUT2D eigenvalue weighted by Crippen LogP contribution is 2.24. The topological polar surface area (TPSA) is 41.6 Å². The first-order chi connectivity index (χ1) is 7.56. The van der Waals surface area contributed by atoms with Gasteiger partial charge in [-0.1, -0.05) is 6.92 Å². The van der Waals surface area contributed by atoms with Gasteiger partial charge in [0.1, 0.15) is 0 Å². The number of likely N-dealkylation sites (N-methyl/N-ethyl adjacent to an activating group) is 1. The molecule has 0 aromatic heterocycles. The van der Waals surface area contributed by atoms with E-state index in [-0.39, 0.29) is 17.9 Å². The van der Waals surface area contributed by atoms with Crippen LogP contribution in [0.1, 0.15) is 26.7 Å². The Morgan fingerprint density at radius 1 is 1.50 bits per heavy atom. The lowest BCUT2D eigenvalue weighted by molar-refractivity contribution is -0.145. The van der Waals surface area contributed by atoms with Gasteiger partial charge >= 0.3 is 5.97 Å². The maximum Gasteiger partial charge on any atom is 0.309 e. The molecule has 1 N–H and O–H groups in total. The summed E-state index contributed by atoms with van der Waals surface area (Å²) < 4.78 is 4.72. The lowest BCUT2D eigenvalue weighted by Gasteiger charge is -2.21. The number of carbonyl (C=O) groups is 1. The van der Waals surface area contributed by atoms with Crippen molar-refractivity contribution >= 4 is 5.97 Å². The molecule has 1 rings (SSSR count). The Morgan fingerprint density at radius 2 is 2.12 bits per heavy atom. The SMILES string of the molecule is COC(=O)C(C)C(C)NCCN(C)C1CC1. The van der Waals surface area contributed by atoms with Crippen LogP contribution in [0.2, 0.25) is 0 Å². The number of ether oxygens (including phenoxy) is 1. The number of carbonyl (C=O) groups excluding carboxylic acids is 1. The van der Waals surface area contributed by atoms with Crippen LogP contribution in [0, 0.1) is 5.92 Å². The third-order valence-electron chi connectivity index (χ3n) is 3.42. The highest BCUT2D eigenvalue weighted by Gasteiger charge is 2.26.